The number of hydrogen-bond donors (Lipinski definition) is 0. The van der Waals surface area contributed by atoms with E-state index in [1.54, 1.807) is 0 Å². The summed E-state index contributed by atoms with van der Waals surface area (Å²) in [4.78, 5) is 14.5. The number of hydrogen-bond acceptors (Lipinski definition) is 3. The number of benzene rings is 1. The van der Waals surface area contributed by atoms with Gasteiger partial charge in [-0.2, -0.15) is 0 Å². The van der Waals surface area contributed by atoms with Gasteiger partial charge in [-0.3, -0.25) is 0 Å². The number of aromatic nitrogens is 1. The van der Waals surface area contributed by atoms with Crippen molar-refractivity contribution in [2.24, 2.45) is 0 Å². The fourth-order valence-corrected chi connectivity index (χ4v) is 2.65. The molecule has 22 heavy (non-hydrogen) atoms. The normalized spacial score (nSPS) is 11.5. The highest BCUT2D eigenvalue weighted by molar-refractivity contribution is 6.11. The molecule has 3 aromatic rings. The van der Waals surface area contributed by atoms with Gasteiger partial charge in [0.2, 0.25) is 0 Å². The summed E-state index contributed by atoms with van der Waals surface area (Å²) < 4.78 is 7.50. The highest BCUT2D eigenvalue weighted by atomic mass is 16.5. The summed E-state index contributed by atoms with van der Waals surface area (Å²) in [7, 11) is 3.92. The number of aryl methyl sites for hydroxylation is 1. The molecule has 0 spiro atoms. The fraction of sp³-hybridized carbons (Fsp3) is 0.278. The zero-order valence-corrected chi connectivity index (χ0v) is 13.2. The molecular weight excluding hydrogens is 276 g/mol. The molecule has 0 fully saturated rings. The highest BCUT2D eigenvalue weighted by Crippen LogP contribution is 2.28. The van der Waals surface area contributed by atoms with E-state index in [2.05, 4.69) is 13.0 Å². The molecule has 0 atom stereocenters. The van der Waals surface area contributed by atoms with E-state index in [-0.39, 0.29) is 5.97 Å². The van der Waals surface area contributed by atoms with Crippen LogP contribution in [-0.2, 0) is 4.74 Å². The second kappa shape index (κ2) is 5.81. The Bertz CT molecular complexity index is 834. The summed E-state index contributed by atoms with van der Waals surface area (Å²) >= 11 is 0. The zero-order valence-electron chi connectivity index (χ0n) is 13.2. The molecule has 4 nitrogen and oxygen atoms in total. The number of nitrogens with zero attached hydrogens (tertiary/aromatic N) is 2. The number of esters is 1. The first-order chi connectivity index (χ1) is 10.6. The Morgan fingerprint density at radius 1 is 1.18 bits per heavy atom. The van der Waals surface area contributed by atoms with Crippen LogP contribution in [0.3, 0.4) is 0 Å². The largest absolute Gasteiger partial charge is 0.461 e. The van der Waals surface area contributed by atoms with Crippen molar-refractivity contribution >= 4 is 22.4 Å². The lowest BCUT2D eigenvalue weighted by molar-refractivity contribution is 0.0486. The van der Waals surface area contributed by atoms with E-state index in [0.717, 1.165) is 16.4 Å². The molecule has 2 aromatic heterocycles. The van der Waals surface area contributed by atoms with Crippen LogP contribution in [0.2, 0.25) is 0 Å². The van der Waals surface area contributed by atoms with Crippen LogP contribution in [0.4, 0.5) is 0 Å². The SMILES string of the molecule is Cc1ccc2c(C(=O)OCCN(C)C)c3ccccn3c2c1. The maximum atomic E-state index is 12.5. The molecule has 3 rings (SSSR count). The molecule has 0 aliphatic rings. The average Bonchev–Trinajstić information content (AvgIpc) is 2.80. The van der Waals surface area contributed by atoms with Gasteiger partial charge in [0.1, 0.15) is 6.61 Å². The molecule has 0 aliphatic heterocycles. The van der Waals surface area contributed by atoms with Crippen LogP contribution in [0.25, 0.3) is 16.4 Å². The van der Waals surface area contributed by atoms with Gasteiger partial charge >= 0.3 is 5.97 Å². The van der Waals surface area contributed by atoms with Gasteiger partial charge < -0.3 is 14.0 Å². The third kappa shape index (κ3) is 2.57. The van der Waals surface area contributed by atoms with Gasteiger partial charge in [0.15, 0.2) is 0 Å². The van der Waals surface area contributed by atoms with Crippen molar-refractivity contribution in [1.29, 1.82) is 0 Å². The van der Waals surface area contributed by atoms with E-state index in [1.807, 2.05) is 59.9 Å². The topological polar surface area (TPSA) is 34.0 Å². The average molecular weight is 296 g/mol. The Kier molecular flexibility index (Phi) is 3.86. The van der Waals surface area contributed by atoms with Crippen molar-refractivity contribution in [3.63, 3.8) is 0 Å². The minimum atomic E-state index is -0.260. The van der Waals surface area contributed by atoms with Gasteiger partial charge in [-0.25, -0.2) is 4.79 Å². The third-order valence-electron chi connectivity index (χ3n) is 3.77. The number of carbonyl (C=O) groups is 1. The number of rotatable bonds is 4. The Morgan fingerprint density at radius 2 is 2.00 bits per heavy atom. The molecule has 114 valence electrons. The Morgan fingerprint density at radius 3 is 2.77 bits per heavy atom. The molecule has 0 unspecified atom stereocenters. The molecule has 0 radical (unpaired) electrons. The lowest BCUT2D eigenvalue weighted by atomic mass is 10.1. The summed E-state index contributed by atoms with van der Waals surface area (Å²) in [5.74, 6) is -0.260. The second-order valence-electron chi connectivity index (χ2n) is 5.79. The molecule has 0 saturated heterocycles. The summed E-state index contributed by atoms with van der Waals surface area (Å²) in [6.45, 7) is 3.16. The molecule has 4 heteroatoms. The summed E-state index contributed by atoms with van der Waals surface area (Å²) in [5, 5.41) is 0.937. The molecule has 0 aliphatic carbocycles. The lowest BCUT2D eigenvalue weighted by Gasteiger charge is -2.09. The van der Waals surface area contributed by atoms with Crippen molar-refractivity contribution in [2.45, 2.75) is 6.92 Å². The van der Waals surface area contributed by atoms with E-state index >= 15 is 0 Å². The van der Waals surface area contributed by atoms with E-state index in [9.17, 15) is 4.79 Å². The van der Waals surface area contributed by atoms with Crippen LogP contribution in [0.5, 0.6) is 0 Å². The number of likely N-dealkylation sites (N-methyl/N-ethyl adjacent to an activating group) is 1. The highest BCUT2D eigenvalue weighted by Gasteiger charge is 2.19. The monoisotopic (exact) mass is 296 g/mol. The zero-order chi connectivity index (χ0) is 15.7. The van der Waals surface area contributed by atoms with Gasteiger partial charge in [0.05, 0.1) is 16.6 Å². The quantitative estimate of drug-likeness (QED) is 0.694. The first-order valence-electron chi connectivity index (χ1n) is 7.39. The molecule has 0 amide bonds. The standard InChI is InChI=1S/C18H20N2O2/c1-13-7-8-14-16(12-13)20-9-5-4-6-15(20)17(14)18(21)22-11-10-19(2)3/h4-9,12H,10-11H2,1-3H3. The van der Waals surface area contributed by atoms with Crippen molar-refractivity contribution in [3.8, 4) is 0 Å². The predicted molar refractivity (Wildman–Crippen MR) is 88.5 cm³/mol. The van der Waals surface area contributed by atoms with Crippen LogP contribution >= 0.6 is 0 Å². The first kappa shape index (κ1) is 14.6. The first-order valence-corrected chi connectivity index (χ1v) is 7.39. The molecule has 0 bridgehead atoms. The summed E-state index contributed by atoms with van der Waals surface area (Å²) in [6, 6.07) is 12.0. The van der Waals surface area contributed by atoms with Gasteiger partial charge in [0, 0.05) is 18.1 Å². The number of ether oxygens (including phenoxy) is 1. The van der Waals surface area contributed by atoms with Crippen molar-refractivity contribution < 1.29 is 9.53 Å². The van der Waals surface area contributed by atoms with Gasteiger partial charge in [-0.15, -0.1) is 0 Å². The minimum absolute atomic E-state index is 0.260. The number of carbonyl (C=O) groups excluding carboxylic acids is 1. The Balaban J connectivity index is 2.08. The molecule has 2 heterocycles. The minimum Gasteiger partial charge on any atom is -0.461 e. The fourth-order valence-electron chi connectivity index (χ4n) is 2.65. The smallest absolute Gasteiger partial charge is 0.341 e. The second-order valence-corrected chi connectivity index (χ2v) is 5.79. The van der Waals surface area contributed by atoms with Crippen LogP contribution < -0.4 is 0 Å². The van der Waals surface area contributed by atoms with Crippen LogP contribution in [0, 0.1) is 6.92 Å². The summed E-state index contributed by atoms with van der Waals surface area (Å²) in [5.41, 5.74) is 3.74. The van der Waals surface area contributed by atoms with Gasteiger partial charge in [-0.05, 0) is 44.8 Å². The van der Waals surface area contributed by atoms with Crippen LogP contribution in [0.15, 0.2) is 42.6 Å². The van der Waals surface area contributed by atoms with E-state index in [0.29, 0.717) is 18.7 Å². The molecule has 0 N–H and O–H groups in total. The molecular formula is C18H20N2O2. The van der Waals surface area contributed by atoms with Crippen molar-refractivity contribution in [3.05, 3.63) is 53.7 Å². The Hall–Kier alpha value is -2.33. The van der Waals surface area contributed by atoms with Crippen molar-refractivity contribution in [2.75, 3.05) is 27.2 Å². The molecule has 0 saturated carbocycles. The van der Waals surface area contributed by atoms with E-state index in [1.165, 1.54) is 5.56 Å². The lowest BCUT2D eigenvalue weighted by Crippen LogP contribution is -2.20. The van der Waals surface area contributed by atoms with E-state index in [4.69, 9.17) is 4.74 Å². The summed E-state index contributed by atoms with van der Waals surface area (Å²) in [6.07, 6.45) is 1.98. The molecule has 1 aromatic carbocycles. The van der Waals surface area contributed by atoms with Gasteiger partial charge in [-0.1, -0.05) is 18.2 Å². The van der Waals surface area contributed by atoms with Crippen molar-refractivity contribution in [1.82, 2.24) is 9.30 Å². The number of fused-ring (bicyclic) bond motifs is 3. The Labute approximate surface area is 129 Å². The maximum Gasteiger partial charge on any atom is 0.341 e. The third-order valence-corrected chi connectivity index (χ3v) is 3.77. The van der Waals surface area contributed by atoms with Crippen LogP contribution in [0.1, 0.15) is 15.9 Å². The van der Waals surface area contributed by atoms with Gasteiger partial charge in [0.25, 0.3) is 0 Å². The number of pyridine rings is 1. The predicted octanol–water partition coefficient (Wildman–Crippen LogP) is 3.12. The van der Waals surface area contributed by atoms with Crippen LogP contribution in [-0.4, -0.2) is 42.5 Å². The van der Waals surface area contributed by atoms with E-state index < -0.39 is 0 Å². The maximum absolute atomic E-state index is 12.5.